The second-order valence-corrected chi connectivity index (χ2v) is 4.93. The minimum absolute atomic E-state index is 0.117. The molecule has 0 spiro atoms. The fraction of sp³-hybridized carbons (Fsp3) is 0.500. The van der Waals surface area contributed by atoms with Crippen molar-refractivity contribution in [3.8, 4) is 0 Å². The predicted octanol–water partition coefficient (Wildman–Crippen LogP) is 3.16. The van der Waals surface area contributed by atoms with Gasteiger partial charge in [0, 0.05) is 36.4 Å². The van der Waals surface area contributed by atoms with Gasteiger partial charge >= 0.3 is 6.18 Å². The van der Waals surface area contributed by atoms with Crippen LogP contribution in [0.4, 0.5) is 18.9 Å². The third-order valence-electron chi connectivity index (χ3n) is 2.94. The molecule has 2 nitrogen and oxygen atoms in total. The summed E-state index contributed by atoms with van der Waals surface area (Å²) in [6.45, 7) is 4.12. The number of benzene rings is 1. The van der Waals surface area contributed by atoms with Crippen LogP contribution in [0.1, 0.15) is 12.5 Å². The quantitative estimate of drug-likeness (QED) is 0.849. The van der Waals surface area contributed by atoms with E-state index in [1.165, 1.54) is 0 Å². The smallest absolute Gasteiger partial charge is 0.369 e. The highest BCUT2D eigenvalue weighted by molar-refractivity contribution is 6.30. The number of rotatable bonds is 1. The van der Waals surface area contributed by atoms with Gasteiger partial charge in [0.2, 0.25) is 0 Å². The molecule has 0 amide bonds. The Bertz CT molecular complexity index is 434. The third-order valence-corrected chi connectivity index (χ3v) is 3.16. The van der Waals surface area contributed by atoms with Gasteiger partial charge < -0.3 is 10.2 Å². The summed E-state index contributed by atoms with van der Waals surface area (Å²) in [5.41, 5.74) is -0.167. The molecule has 1 saturated heterocycles. The van der Waals surface area contributed by atoms with Crippen molar-refractivity contribution in [3.05, 3.63) is 28.8 Å². The van der Waals surface area contributed by atoms with E-state index in [1.807, 2.05) is 11.8 Å². The summed E-state index contributed by atoms with van der Waals surface area (Å²) in [5, 5.41) is 3.36. The Morgan fingerprint density at radius 1 is 1.33 bits per heavy atom. The maximum atomic E-state index is 12.7. The summed E-state index contributed by atoms with van der Waals surface area (Å²) in [7, 11) is 0. The Hall–Kier alpha value is -0.940. The lowest BCUT2D eigenvalue weighted by Gasteiger charge is -2.34. The van der Waals surface area contributed by atoms with Gasteiger partial charge in [-0.15, -0.1) is 0 Å². The van der Waals surface area contributed by atoms with Crippen LogP contribution in [0.2, 0.25) is 5.02 Å². The summed E-state index contributed by atoms with van der Waals surface area (Å²) in [6, 6.07) is 3.95. The van der Waals surface area contributed by atoms with Crippen molar-refractivity contribution in [2.24, 2.45) is 0 Å². The van der Waals surface area contributed by atoms with E-state index in [2.05, 4.69) is 5.32 Å². The maximum Gasteiger partial charge on any atom is 0.416 e. The van der Waals surface area contributed by atoms with Crippen LogP contribution in [0, 0.1) is 0 Å². The zero-order valence-electron chi connectivity index (χ0n) is 9.89. The number of alkyl halides is 3. The molecule has 0 radical (unpaired) electrons. The summed E-state index contributed by atoms with van der Waals surface area (Å²) in [6.07, 6.45) is -4.36. The van der Waals surface area contributed by atoms with Crippen LogP contribution < -0.4 is 10.2 Å². The molecule has 100 valence electrons. The Labute approximate surface area is 109 Å². The average Bonchev–Trinajstić information content (AvgIpc) is 2.27. The first kappa shape index (κ1) is 13.5. The van der Waals surface area contributed by atoms with Crippen molar-refractivity contribution in [2.45, 2.75) is 19.1 Å². The Morgan fingerprint density at radius 3 is 2.67 bits per heavy atom. The van der Waals surface area contributed by atoms with Gasteiger partial charge in [-0.25, -0.2) is 0 Å². The number of anilines is 1. The SMILES string of the molecule is CC1CN(c2cc(Cl)cc(C(F)(F)F)c2)CCN1. The molecule has 18 heavy (non-hydrogen) atoms. The van der Waals surface area contributed by atoms with Crippen LogP contribution in [0.3, 0.4) is 0 Å². The van der Waals surface area contributed by atoms with Crippen LogP contribution >= 0.6 is 11.6 Å². The van der Waals surface area contributed by atoms with Crippen LogP contribution in [0.15, 0.2) is 18.2 Å². The second kappa shape index (κ2) is 4.97. The van der Waals surface area contributed by atoms with E-state index in [1.54, 1.807) is 6.07 Å². The van der Waals surface area contributed by atoms with Gasteiger partial charge in [0.1, 0.15) is 0 Å². The number of piperazine rings is 1. The third kappa shape index (κ3) is 3.09. The molecule has 0 saturated carbocycles. The number of nitrogens with one attached hydrogen (secondary N) is 1. The number of hydrogen-bond donors (Lipinski definition) is 1. The first-order valence-corrected chi connectivity index (χ1v) is 6.10. The van der Waals surface area contributed by atoms with Gasteiger partial charge in [0.25, 0.3) is 0 Å². The van der Waals surface area contributed by atoms with Gasteiger partial charge in [-0.1, -0.05) is 11.6 Å². The summed E-state index contributed by atoms with van der Waals surface area (Å²) >= 11 is 5.77. The van der Waals surface area contributed by atoms with Crippen molar-refractivity contribution in [1.82, 2.24) is 5.32 Å². The van der Waals surface area contributed by atoms with Crippen LogP contribution in [0.25, 0.3) is 0 Å². The van der Waals surface area contributed by atoms with Crippen molar-refractivity contribution >= 4 is 17.3 Å². The molecular formula is C12H14ClF3N2. The molecule has 1 fully saturated rings. The molecule has 0 aromatic heterocycles. The fourth-order valence-corrected chi connectivity index (χ4v) is 2.32. The highest BCUT2D eigenvalue weighted by Crippen LogP contribution is 2.34. The van der Waals surface area contributed by atoms with Gasteiger partial charge in [-0.05, 0) is 25.1 Å². The van der Waals surface area contributed by atoms with E-state index in [-0.39, 0.29) is 11.1 Å². The molecule has 2 rings (SSSR count). The summed E-state index contributed by atoms with van der Waals surface area (Å²) in [4.78, 5) is 1.92. The highest BCUT2D eigenvalue weighted by atomic mass is 35.5. The first-order valence-electron chi connectivity index (χ1n) is 5.72. The summed E-state index contributed by atoms with van der Waals surface area (Å²) < 4.78 is 38.1. The van der Waals surface area contributed by atoms with E-state index in [4.69, 9.17) is 11.6 Å². The zero-order chi connectivity index (χ0) is 13.3. The molecule has 1 heterocycles. The summed E-state index contributed by atoms with van der Waals surface area (Å²) in [5.74, 6) is 0. The van der Waals surface area contributed by atoms with Crippen molar-refractivity contribution in [1.29, 1.82) is 0 Å². The van der Waals surface area contributed by atoms with Gasteiger partial charge in [-0.3, -0.25) is 0 Å². The van der Waals surface area contributed by atoms with Gasteiger partial charge in [-0.2, -0.15) is 13.2 Å². The Morgan fingerprint density at radius 2 is 2.06 bits per heavy atom. The normalized spacial score (nSPS) is 21.2. The molecule has 1 atom stereocenters. The molecule has 1 aliphatic rings. The molecule has 0 bridgehead atoms. The highest BCUT2D eigenvalue weighted by Gasteiger charge is 2.31. The van der Waals surface area contributed by atoms with Crippen LogP contribution in [0.5, 0.6) is 0 Å². The number of nitrogens with zero attached hydrogens (tertiary/aromatic N) is 1. The molecule has 1 N–H and O–H groups in total. The van der Waals surface area contributed by atoms with Crippen LogP contribution in [-0.4, -0.2) is 25.7 Å². The minimum Gasteiger partial charge on any atom is -0.369 e. The predicted molar refractivity (Wildman–Crippen MR) is 66.1 cm³/mol. The zero-order valence-corrected chi connectivity index (χ0v) is 10.6. The van der Waals surface area contributed by atoms with Crippen LogP contribution in [-0.2, 0) is 6.18 Å². The van der Waals surface area contributed by atoms with E-state index < -0.39 is 11.7 Å². The average molecular weight is 279 g/mol. The van der Waals surface area contributed by atoms with Gasteiger partial charge in [0.05, 0.1) is 5.56 Å². The topological polar surface area (TPSA) is 15.3 Å². The molecule has 6 heteroatoms. The monoisotopic (exact) mass is 278 g/mol. The van der Waals surface area contributed by atoms with E-state index >= 15 is 0 Å². The minimum atomic E-state index is -4.36. The van der Waals surface area contributed by atoms with E-state index in [0.29, 0.717) is 18.8 Å². The van der Waals surface area contributed by atoms with Crippen molar-refractivity contribution < 1.29 is 13.2 Å². The molecule has 1 aromatic carbocycles. The Kier molecular flexibility index (Phi) is 3.73. The Balaban J connectivity index is 2.30. The van der Waals surface area contributed by atoms with E-state index in [9.17, 15) is 13.2 Å². The largest absolute Gasteiger partial charge is 0.416 e. The molecule has 1 unspecified atom stereocenters. The second-order valence-electron chi connectivity index (χ2n) is 4.50. The molecular weight excluding hydrogens is 265 g/mol. The number of hydrogen-bond acceptors (Lipinski definition) is 2. The fourth-order valence-electron chi connectivity index (χ4n) is 2.09. The lowest BCUT2D eigenvalue weighted by atomic mass is 10.1. The first-order chi connectivity index (χ1) is 8.36. The van der Waals surface area contributed by atoms with Gasteiger partial charge in [0.15, 0.2) is 0 Å². The van der Waals surface area contributed by atoms with Crippen molar-refractivity contribution in [2.75, 3.05) is 24.5 Å². The lowest BCUT2D eigenvalue weighted by Crippen LogP contribution is -2.49. The van der Waals surface area contributed by atoms with E-state index in [0.717, 1.165) is 18.7 Å². The standard InChI is InChI=1S/C12H14ClF3N2/c1-8-7-18(3-2-17-8)11-5-9(12(14,15)16)4-10(13)6-11/h4-6,8,17H,2-3,7H2,1H3. The molecule has 1 aliphatic heterocycles. The number of halogens is 4. The molecule has 1 aromatic rings. The molecule has 0 aliphatic carbocycles. The maximum absolute atomic E-state index is 12.7. The van der Waals surface area contributed by atoms with Crippen molar-refractivity contribution in [3.63, 3.8) is 0 Å². The lowest BCUT2D eigenvalue weighted by molar-refractivity contribution is -0.137.